The van der Waals surface area contributed by atoms with Crippen LogP contribution >= 0.6 is 0 Å². The molecule has 1 aliphatic rings. The van der Waals surface area contributed by atoms with Crippen LogP contribution in [0.1, 0.15) is 12.8 Å². The van der Waals surface area contributed by atoms with E-state index >= 15 is 0 Å². The molecule has 1 saturated heterocycles. The third-order valence-electron chi connectivity index (χ3n) is 1.55. The van der Waals surface area contributed by atoms with Gasteiger partial charge in [0.15, 0.2) is 0 Å². The Morgan fingerprint density at radius 2 is 2.50 bits per heavy atom. The van der Waals surface area contributed by atoms with Crippen molar-refractivity contribution >= 4 is 22.2 Å². The molecule has 0 aliphatic carbocycles. The molecule has 0 bridgehead atoms. The van der Waals surface area contributed by atoms with Crippen LogP contribution in [0.5, 0.6) is 0 Å². The van der Waals surface area contributed by atoms with Crippen molar-refractivity contribution in [1.82, 2.24) is 5.32 Å². The quantitative estimate of drug-likeness (QED) is 0.452. The Labute approximate surface area is 58.2 Å². The van der Waals surface area contributed by atoms with Gasteiger partial charge in [-0.2, -0.15) is 0 Å². The summed E-state index contributed by atoms with van der Waals surface area (Å²) in [6.07, 6.45) is 2.19. The topological polar surface area (TPSA) is 29.1 Å². The molecule has 0 aromatic heterocycles. The normalized spacial score (nSPS) is 28.5. The summed E-state index contributed by atoms with van der Waals surface area (Å²) in [5.41, 5.74) is 0. The van der Waals surface area contributed by atoms with Crippen LogP contribution in [0.25, 0.3) is 0 Å². The van der Waals surface area contributed by atoms with Crippen molar-refractivity contribution in [3.8, 4) is 0 Å². The van der Waals surface area contributed by atoms with Crippen LogP contribution in [0.15, 0.2) is 0 Å². The van der Waals surface area contributed by atoms with Crippen molar-refractivity contribution in [3.05, 3.63) is 0 Å². The van der Waals surface area contributed by atoms with Crippen molar-refractivity contribution in [3.63, 3.8) is 0 Å². The predicted molar refractivity (Wildman–Crippen MR) is 31.8 cm³/mol. The fraction of sp³-hybridized carbons (Fsp3) is 0.800. The summed E-state index contributed by atoms with van der Waals surface area (Å²) in [6, 6.07) is 0.176. The Kier molecular flexibility index (Phi) is 2.13. The van der Waals surface area contributed by atoms with E-state index in [0.29, 0.717) is 0 Å². The Hall–Kier alpha value is 0.227. The van der Waals surface area contributed by atoms with Crippen LogP contribution in [-0.2, 0) is 4.79 Å². The van der Waals surface area contributed by atoms with Gasteiger partial charge in [-0.1, -0.05) is 0 Å². The number of hydrogen-bond acceptors (Lipinski definition) is 2. The SMILES string of the molecule is [Li][C](=O)[C@@H]1CCCN1. The zero-order valence-corrected chi connectivity index (χ0v) is 5.11. The van der Waals surface area contributed by atoms with Gasteiger partial charge in [0.2, 0.25) is 0 Å². The molecule has 40 valence electrons. The summed E-state index contributed by atoms with van der Waals surface area (Å²) in [5, 5.41) is 3.11. The van der Waals surface area contributed by atoms with E-state index in [1.807, 2.05) is 0 Å². The fourth-order valence-corrected chi connectivity index (χ4v) is 1.03. The van der Waals surface area contributed by atoms with E-state index in [2.05, 4.69) is 5.32 Å². The van der Waals surface area contributed by atoms with E-state index < -0.39 is 0 Å². The third-order valence-corrected chi connectivity index (χ3v) is 1.55. The number of hydrogen-bond donors (Lipinski definition) is 1. The van der Waals surface area contributed by atoms with Crippen molar-refractivity contribution in [2.75, 3.05) is 6.54 Å². The van der Waals surface area contributed by atoms with Gasteiger partial charge in [0.25, 0.3) is 0 Å². The Balaban J connectivity index is 2.35. The first-order chi connectivity index (χ1) is 3.80. The molecule has 1 fully saturated rings. The maximum atomic E-state index is 10.6. The van der Waals surface area contributed by atoms with Crippen molar-refractivity contribution in [2.45, 2.75) is 18.9 Å². The summed E-state index contributed by atoms with van der Waals surface area (Å²) in [5.74, 6) is 0. The second-order valence-electron chi connectivity index (χ2n) is 2.26. The second kappa shape index (κ2) is 2.68. The molecule has 1 aliphatic heterocycles. The van der Waals surface area contributed by atoms with Crippen LogP contribution in [0, 0.1) is 0 Å². The van der Waals surface area contributed by atoms with Crippen molar-refractivity contribution in [2.24, 2.45) is 0 Å². The van der Waals surface area contributed by atoms with Gasteiger partial charge in [0.1, 0.15) is 0 Å². The van der Waals surface area contributed by atoms with Gasteiger partial charge in [-0.25, -0.2) is 0 Å². The van der Waals surface area contributed by atoms with E-state index in [9.17, 15) is 4.79 Å². The van der Waals surface area contributed by atoms with Crippen LogP contribution in [0.4, 0.5) is 0 Å². The minimum absolute atomic E-state index is 0.176. The van der Waals surface area contributed by atoms with E-state index in [-0.39, 0.29) is 10.5 Å². The van der Waals surface area contributed by atoms with Crippen LogP contribution in [0.2, 0.25) is 0 Å². The second-order valence-corrected chi connectivity index (χ2v) is 2.26. The minimum atomic E-state index is 0.176. The third kappa shape index (κ3) is 1.35. The van der Waals surface area contributed by atoms with Gasteiger partial charge >= 0.3 is 57.7 Å². The molecule has 1 heterocycles. The molecule has 0 amide bonds. The molecule has 0 spiro atoms. The molecule has 1 rings (SSSR count). The molecule has 1 atom stereocenters. The van der Waals surface area contributed by atoms with Gasteiger partial charge in [-0.15, -0.1) is 0 Å². The molecule has 3 heteroatoms. The zero-order valence-electron chi connectivity index (χ0n) is 5.11. The number of rotatable bonds is 1. The molecule has 0 saturated carbocycles. The molecule has 2 nitrogen and oxygen atoms in total. The fourth-order valence-electron chi connectivity index (χ4n) is 1.03. The molecule has 8 heavy (non-hydrogen) atoms. The molecular formula is C5H8LiNO. The average molecular weight is 105 g/mol. The van der Waals surface area contributed by atoms with E-state index in [1.165, 1.54) is 0 Å². The molecule has 0 unspecified atom stereocenters. The Morgan fingerprint density at radius 1 is 1.75 bits per heavy atom. The van der Waals surface area contributed by atoms with Crippen LogP contribution in [-0.4, -0.2) is 34.8 Å². The van der Waals surface area contributed by atoms with Crippen molar-refractivity contribution in [1.29, 1.82) is 0 Å². The summed E-state index contributed by atoms with van der Waals surface area (Å²) in [7, 11) is 0. The van der Waals surface area contributed by atoms with Gasteiger partial charge in [-0.05, 0) is 0 Å². The van der Waals surface area contributed by atoms with Crippen LogP contribution in [0.3, 0.4) is 0 Å². The van der Waals surface area contributed by atoms with Gasteiger partial charge in [-0.3, -0.25) is 0 Å². The van der Waals surface area contributed by atoms with Crippen LogP contribution < -0.4 is 5.32 Å². The predicted octanol–water partition coefficient (Wildman–Crippen LogP) is -0.567. The maximum absolute atomic E-state index is 10.6. The number of nitrogens with one attached hydrogen (secondary N) is 1. The van der Waals surface area contributed by atoms with Gasteiger partial charge < -0.3 is 0 Å². The van der Waals surface area contributed by atoms with Gasteiger partial charge in [0, 0.05) is 0 Å². The molecular weight excluding hydrogens is 97.0 g/mol. The number of carbonyl (C=O) groups is 1. The zero-order chi connectivity index (χ0) is 5.98. The summed E-state index contributed by atoms with van der Waals surface area (Å²) in [6.45, 7) is 1.02. The number of carbonyl (C=O) groups excluding carboxylic acids is 1. The Bertz CT molecular complexity index is 98.6. The van der Waals surface area contributed by atoms with E-state index in [4.69, 9.17) is 0 Å². The summed E-state index contributed by atoms with van der Waals surface area (Å²) < 4.78 is 0.280. The van der Waals surface area contributed by atoms with E-state index in [0.717, 1.165) is 19.4 Å². The first kappa shape index (κ1) is 6.35. The molecule has 0 aromatic rings. The van der Waals surface area contributed by atoms with Crippen molar-refractivity contribution < 1.29 is 4.79 Å². The molecule has 1 N–H and O–H groups in total. The average Bonchev–Trinajstić information content (AvgIpc) is 2.12. The Morgan fingerprint density at radius 3 is 2.75 bits per heavy atom. The van der Waals surface area contributed by atoms with Gasteiger partial charge in [0.05, 0.1) is 0 Å². The first-order valence-corrected chi connectivity index (χ1v) is 3.04. The monoisotopic (exact) mass is 105 g/mol. The first-order valence-electron chi connectivity index (χ1n) is 3.04. The standard InChI is InChI=1S/C5H8NO.Li/c7-4-5-2-1-3-6-5;/h5-6H,1-3H2;/t5-;/m0./s1. The summed E-state index contributed by atoms with van der Waals surface area (Å²) >= 11 is 1.64. The van der Waals surface area contributed by atoms with E-state index in [1.54, 1.807) is 17.7 Å². The molecule has 0 aromatic carbocycles. The molecule has 0 radical (unpaired) electrons. The summed E-state index contributed by atoms with van der Waals surface area (Å²) in [4.78, 5) is 10.6.